The summed E-state index contributed by atoms with van der Waals surface area (Å²) in [4.78, 5) is 17.0. The number of benzene rings is 1. The van der Waals surface area contributed by atoms with Crippen LogP contribution in [-0.2, 0) is 6.18 Å². The number of rotatable bonds is 3. The molecular weight excluding hydrogens is 277 g/mol. The van der Waals surface area contributed by atoms with Crippen molar-refractivity contribution in [1.29, 1.82) is 0 Å². The van der Waals surface area contributed by atoms with Gasteiger partial charge >= 0.3 is 12.1 Å². The molecule has 2 aromatic rings. The maximum absolute atomic E-state index is 12.4. The lowest BCUT2D eigenvalue weighted by atomic mass is 10.2. The Balaban J connectivity index is 2.20. The van der Waals surface area contributed by atoms with Gasteiger partial charge in [-0.25, -0.2) is 9.78 Å². The van der Waals surface area contributed by atoms with Crippen molar-refractivity contribution in [3.8, 4) is 11.6 Å². The van der Waals surface area contributed by atoms with Gasteiger partial charge < -0.3 is 9.84 Å². The average molecular weight is 284 g/mol. The van der Waals surface area contributed by atoms with E-state index in [4.69, 9.17) is 9.84 Å². The molecule has 1 aromatic heterocycles. The van der Waals surface area contributed by atoms with Crippen molar-refractivity contribution in [2.75, 3.05) is 0 Å². The van der Waals surface area contributed by atoms with Crippen LogP contribution in [-0.4, -0.2) is 21.0 Å². The van der Waals surface area contributed by atoms with Crippen molar-refractivity contribution in [2.24, 2.45) is 0 Å². The van der Waals surface area contributed by atoms with Crippen LogP contribution in [0.1, 0.15) is 16.2 Å². The van der Waals surface area contributed by atoms with E-state index in [1.807, 2.05) is 0 Å². The largest absolute Gasteiger partial charge is 0.478 e. The lowest BCUT2D eigenvalue weighted by Crippen LogP contribution is -2.10. The molecule has 8 heteroatoms. The summed E-state index contributed by atoms with van der Waals surface area (Å²) in [5.74, 6) is -2.53. The molecule has 0 aliphatic rings. The van der Waals surface area contributed by atoms with Gasteiger partial charge in [-0.1, -0.05) is 0 Å². The van der Waals surface area contributed by atoms with Gasteiger partial charge in [0, 0.05) is 12.3 Å². The molecule has 0 bridgehead atoms. The summed E-state index contributed by atoms with van der Waals surface area (Å²) < 4.78 is 42.3. The molecule has 104 valence electrons. The van der Waals surface area contributed by atoms with Crippen LogP contribution in [0.25, 0.3) is 0 Å². The first-order valence-corrected chi connectivity index (χ1v) is 5.28. The zero-order valence-corrected chi connectivity index (χ0v) is 9.76. The van der Waals surface area contributed by atoms with Gasteiger partial charge in [-0.05, 0) is 24.3 Å². The number of carbonyl (C=O) groups is 1. The lowest BCUT2D eigenvalue weighted by molar-refractivity contribution is -0.145. The standard InChI is InChI=1S/C12H7F3N2O3/c13-12(14,15)11-16-6-5-9(17-11)20-8-3-1-7(2-4-8)10(18)19/h1-6H,(H,18,19). The molecule has 1 aromatic carbocycles. The molecule has 0 aliphatic heterocycles. The quantitative estimate of drug-likeness (QED) is 0.938. The van der Waals surface area contributed by atoms with Crippen LogP contribution >= 0.6 is 0 Å². The summed E-state index contributed by atoms with van der Waals surface area (Å²) in [6.07, 6.45) is -3.73. The molecule has 20 heavy (non-hydrogen) atoms. The van der Waals surface area contributed by atoms with E-state index in [9.17, 15) is 18.0 Å². The zero-order valence-electron chi connectivity index (χ0n) is 9.76. The average Bonchev–Trinajstić information content (AvgIpc) is 2.38. The fourth-order valence-corrected chi connectivity index (χ4v) is 1.32. The number of nitrogens with zero attached hydrogens (tertiary/aromatic N) is 2. The number of hydrogen-bond donors (Lipinski definition) is 1. The van der Waals surface area contributed by atoms with E-state index in [1.54, 1.807) is 0 Å². The highest BCUT2D eigenvalue weighted by molar-refractivity contribution is 5.87. The molecule has 0 saturated heterocycles. The Kier molecular flexibility index (Phi) is 3.55. The maximum Gasteiger partial charge on any atom is 0.451 e. The summed E-state index contributed by atoms with van der Waals surface area (Å²) in [7, 11) is 0. The van der Waals surface area contributed by atoms with Crippen LogP contribution in [0.4, 0.5) is 13.2 Å². The molecule has 5 nitrogen and oxygen atoms in total. The number of hydrogen-bond acceptors (Lipinski definition) is 4. The van der Waals surface area contributed by atoms with Crippen LogP contribution in [0.2, 0.25) is 0 Å². The molecule has 0 amide bonds. The second-order valence-corrected chi connectivity index (χ2v) is 3.65. The Labute approximate surface area is 110 Å². The second kappa shape index (κ2) is 5.16. The predicted molar refractivity (Wildman–Crippen MR) is 60.5 cm³/mol. The van der Waals surface area contributed by atoms with Crippen LogP contribution in [0, 0.1) is 0 Å². The summed E-state index contributed by atoms with van der Waals surface area (Å²) in [5.41, 5.74) is 0.0380. The normalized spacial score (nSPS) is 11.2. The van der Waals surface area contributed by atoms with Gasteiger partial charge in [-0.15, -0.1) is 0 Å². The molecule has 1 N–H and O–H groups in total. The smallest absolute Gasteiger partial charge is 0.451 e. The minimum atomic E-state index is -4.66. The van der Waals surface area contributed by atoms with Gasteiger partial charge in [-0.2, -0.15) is 18.2 Å². The minimum Gasteiger partial charge on any atom is -0.478 e. The van der Waals surface area contributed by atoms with Crippen molar-refractivity contribution in [2.45, 2.75) is 6.18 Å². The molecule has 0 saturated carbocycles. The molecule has 2 rings (SSSR count). The summed E-state index contributed by atoms with van der Waals surface area (Å²) in [5, 5.41) is 8.70. The molecular formula is C12H7F3N2O3. The summed E-state index contributed by atoms with van der Waals surface area (Å²) in [6.45, 7) is 0. The Hall–Kier alpha value is -2.64. The van der Waals surface area contributed by atoms with E-state index in [0.717, 1.165) is 6.20 Å². The Morgan fingerprint density at radius 1 is 1.15 bits per heavy atom. The summed E-state index contributed by atoms with van der Waals surface area (Å²) in [6, 6.07) is 6.34. The second-order valence-electron chi connectivity index (χ2n) is 3.65. The topological polar surface area (TPSA) is 72.3 Å². The molecule has 0 radical (unpaired) electrons. The number of halogens is 3. The van der Waals surface area contributed by atoms with Gasteiger partial charge in [0.1, 0.15) is 5.75 Å². The Morgan fingerprint density at radius 2 is 1.80 bits per heavy atom. The van der Waals surface area contributed by atoms with Gasteiger partial charge in [0.15, 0.2) is 0 Å². The van der Waals surface area contributed by atoms with Gasteiger partial charge in [0.2, 0.25) is 11.7 Å². The van der Waals surface area contributed by atoms with Crippen molar-refractivity contribution in [1.82, 2.24) is 9.97 Å². The van der Waals surface area contributed by atoms with E-state index >= 15 is 0 Å². The zero-order chi connectivity index (χ0) is 14.8. The number of carboxylic acids is 1. The first kappa shape index (κ1) is 13.8. The number of carboxylic acid groups (broad SMARTS) is 1. The van der Waals surface area contributed by atoms with Crippen LogP contribution in [0.15, 0.2) is 36.5 Å². The van der Waals surface area contributed by atoms with Crippen LogP contribution < -0.4 is 4.74 Å². The fourth-order valence-electron chi connectivity index (χ4n) is 1.32. The van der Waals surface area contributed by atoms with Crippen molar-refractivity contribution >= 4 is 5.97 Å². The molecule has 0 fully saturated rings. The number of aromatic carboxylic acids is 1. The van der Waals surface area contributed by atoms with E-state index in [1.165, 1.54) is 30.3 Å². The van der Waals surface area contributed by atoms with Crippen LogP contribution in [0.3, 0.4) is 0 Å². The SMILES string of the molecule is O=C(O)c1ccc(Oc2ccnc(C(F)(F)F)n2)cc1. The predicted octanol–water partition coefficient (Wildman–Crippen LogP) is 2.99. The molecule has 0 spiro atoms. The Morgan fingerprint density at radius 3 is 2.35 bits per heavy atom. The highest BCUT2D eigenvalue weighted by atomic mass is 19.4. The van der Waals surface area contributed by atoms with Crippen molar-refractivity contribution in [3.05, 3.63) is 47.9 Å². The first-order valence-electron chi connectivity index (χ1n) is 5.28. The monoisotopic (exact) mass is 284 g/mol. The summed E-state index contributed by atoms with van der Waals surface area (Å²) >= 11 is 0. The number of aromatic nitrogens is 2. The van der Waals surface area contributed by atoms with Crippen LogP contribution in [0.5, 0.6) is 11.6 Å². The molecule has 0 atom stereocenters. The minimum absolute atomic E-state index is 0.0380. The third-order valence-electron chi connectivity index (χ3n) is 2.21. The van der Waals surface area contributed by atoms with Gasteiger partial charge in [-0.3, -0.25) is 0 Å². The van der Waals surface area contributed by atoms with E-state index in [0.29, 0.717) is 0 Å². The maximum atomic E-state index is 12.4. The third-order valence-corrected chi connectivity index (χ3v) is 2.21. The number of ether oxygens (including phenoxy) is 1. The Bertz CT molecular complexity index is 627. The van der Waals surface area contributed by atoms with E-state index < -0.39 is 18.0 Å². The van der Waals surface area contributed by atoms with Crippen molar-refractivity contribution < 1.29 is 27.8 Å². The molecule has 1 heterocycles. The first-order chi connectivity index (χ1) is 9.36. The van der Waals surface area contributed by atoms with E-state index in [2.05, 4.69) is 9.97 Å². The third kappa shape index (κ3) is 3.22. The highest BCUT2D eigenvalue weighted by Crippen LogP contribution is 2.28. The van der Waals surface area contributed by atoms with E-state index in [-0.39, 0.29) is 17.2 Å². The molecule has 0 aliphatic carbocycles. The highest BCUT2D eigenvalue weighted by Gasteiger charge is 2.34. The fraction of sp³-hybridized carbons (Fsp3) is 0.0833. The lowest BCUT2D eigenvalue weighted by Gasteiger charge is -2.08. The van der Waals surface area contributed by atoms with Gasteiger partial charge in [0.05, 0.1) is 5.56 Å². The molecule has 0 unspecified atom stereocenters. The number of alkyl halides is 3. The van der Waals surface area contributed by atoms with Crippen molar-refractivity contribution in [3.63, 3.8) is 0 Å². The van der Waals surface area contributed by atoms with Gasteiger partial charge in [0.25, 0.3) is 0 Å².